The second-order valence-electron chi connectivity index (χ2n) is 5.08. The highest BCUT2D eigenvalue weighted by molar-refractivity contribution is 7.15. The van der Waals surface area contributed by atoms with E-state index >= 15 is 0 Å². The number of fused-ring (bicyclic) bond motifs is 1. The first-order valence-electron chi connectivity index (χ1n) is 7.04. The molecule has 23 heavy (non-hydrogen) atoms. The summed E-state index contributed by atoms with van der Waals surface area (Å²) in [5, 5.41) is 4.57. The fourth-order valence-electron chi connectivity index (χ4n) is 2.35. The summed E-state index contributed by atoms with van der Waals surface area (Å²) in [6.07, 6.45) is 7.59. The maximum absolute atomic E-state index is 12.0. The number of halogens is 3. The Bertz CT molecular complexity index is 719. The van der Waals surface area contributed by atoms with Crippen molar-refractivity contribution in [3.8, 4) is 0 Å². The fraction of sp³-hybridized carbons (Fsp3) is 0.250. The minimum Gasteiger partial charge on any atom is -0.298 e. The average Bonchev–Trinajstić information content (AvgIpc) is 2.88. The molecule has 3 rings (SSSR count). The zero-order valence-corrected chi connectivity index (χ0v) is 15.3. The predicted octanol–water partition coefficient (Wildman–Crippen LogP) is 5.40. The van der Waals surface area contributed by atoms with E-state index in [0.717, 1.165) is 24.1 Å². The number of aryl methyl sites for hydroxylation is 2. The van der Waals surface area contributed by atoms with Gasteiger partial charge in [-0.05, 0) is 49.5 Å². The van der Waals surface area contributed by atoms with E-state index in [0.29, 0.717) is 15.2 Å². The van der Waals surface area contributed by atoms with E-state index in [1.165, 1.54) is 23.8 Å². The van der Waals surface area contributed by atoms with Crippen molar-refractivity contribution < 1.29 is 4.79 Å². The molecule has 1 amide bonds. The van der Waals surface area contributed by atoms with Crippen LogP contribution in [0.2, 0.25) is 10.0 Å². The normalized spacial score (nSPS) is 13.5. The lowest BCUT2D eigenvalue weighted by Crippen LogP contribution is -2.07. The summed E-state index contributed by atoms with van der Waals surface area (Å²) < 4.78 is 0. The van der Waals surface area contributed by atoms with E-state index in [9.17, 15) is 4.79 Å². The zero-order chi connectivity index (χ0) is 15.5. The molecule has 0 atom stereocenters. The molecule has 0 bridgehead atoms. The van der Waals surface area contributed by atoms with Crippen molar-refractivity contribution >= 4 is 64.1 Å². The molecule has 1 N–H and O–H groups in total. The summed E-state index contributed by atoms with van der Waals surface area (Å²) in [5.74, 6) is -0.211. The number of carbonyl (C=O) groups excluding carboxylic acids is 1. The lowest BCUT2D eigenvalue weighted by molar-refractivity contribution is -0.111. The SMILES string of the molecule is Cl.O=C(/C=C/c1ccc(Cl)cc1Cl)Nc1nc2c(s1)CCCC2. The Balaban J connectivity index is 0.00000192. The van der Waals surface area contributed by atoms with Gasteiger partial charge in [-0.2, -0.15) is 0 Å². The van der Waals surface area contributed by atoms with E-state index in [2.05, 4.69) is 10.3 Å². The number of nitrogens with one attached hydrogen (secondary N) is 1. The molecular formula is C16H15Cl3N2OS. The Morgan fingerprint density at radius 3 is 2.78 bits per heavy atom. The van der Waals surface area contributed by atoms with E-state index in [1.807, 2.05) is 0 Å². The van der Waals surface area contributed by atoms with Crippen LogP contribution >= 0.6 is 46.9 Å². The maximum atomic E-state index is 12.0. The van der Waals surface area contributed by atoms with Crippen LogP contribution in [0.25, 0.3) is 6.08 Å². The largest absolute Gasteiger partial charge is 0.298 e. The quantitative estimate of drug-likeness (QED) is 0.714. The van der Waals surface area contributed by atoms with Gasteiger partial charge in [0.05, 0.1) is 5.69 Å². The van der Waals surface area contributed by atoms with Crippen molar-refractivity contribution in [1.82, 2.24) is 4.98 Å². The molecule has 122 valence electrons. The number of benzene rings is 1. The summed E-state index contributed by atoms with van der Waals surface area (Å²) in [4.78, 5) is 17.8. The number of hydrogen-bond donors (Lipinski definition) is 1. The highest BCUT2D eigenvalue weighted by Gasteiger charge is 2.15. The molecule has 0 aliphatic heterocycles. The molecule has 0 unspecified atom stereocenters. The predicted molar refractivity (Wildman–Crippen MR) is 100 cm³/mol. The third kappa shape index (κ3) is 4.70. The number of aromatic nitrogens is 1. The van der Waals surface area contributed by atoms with Crippen molar-refractivity contribution in [2.24, 2.45) is 0 Å². The molecule has 0 radical (unpaired) electrons. The highest BCUT2D eigenvalue weighted by Crippen LogP contribution is 2.29. The number of nitrogens with zero attached hydrogens (tertiary/aromatic N) is 1. The molecule has 1 aromatic carbocycles. The van der Waals surface area contributed by atoms with Crippen LogP contribution in [0.15, 0.2) is 24.3 Å². The van der Waals surface area contributed by atoms with Gasteiger partial charge in [0, 0.05) is 21.0 Å². The van der Waals surface area contributed by atoms with Crippen molar-refractivity contribution in [3.63, 3.8) is 0 Å². The lowest BCUT2D eigenvalue weighted by atomic mass is 10.0. The van der Waals surface area contributed by atoms with E-state index in [1.54, 1.807) is 35.6 Å². The number of anilines is 1. The van der Waals surface area contributed by atoms with Gasteiger partial charge in [0.2, 0.25) is 5.91 Å². The monoisotopic (exact) mass is 388 g/mol. The van der Waals surface area contributed by atoms with Gasteiger partial charge in [0.15, 0.2) is 5.13 Å². The summed E-state index contributed by atoms with van der Waals surface area (Å²) in [6, 6.07) is 5.16. The van der Waals surface area contributed by atoms with Crippen LogP contribution in [-0.4, -0.2) is 10.9 Å². The van der Waals surface area contributed by atoms with Gasteiger partial charge in [-0.3, -0.25) is 10.1 Å². The zero-order valence-electron chi connectivity index (χ0n) is 12.1. The summed E-state index contributed by atoms with van der Waals surface area (Å²) in [6.45, 7) is 0. The molecule has 0 spiro atoms. The second kappa shape index (κ2) is 8.15. The number of carbonyl (C=O) groups is 1. The van der Waals surface area contributed by atoms with Crippen LogP contribution < -0.4 is 5.32 Å². The smallest absolute Gasteiger partial charge is 0.250 e. The molecular weight excluding hydrogens is 375 g/mol. The summed E-state index contributed by atoms with van der Waals surface area (Å²) >= 11 is 13.5. The molecule has 7 heteroatoms. The van der Waals surface area contributed by atoms with Crippen molar-refractivity contribution in [2.45, 2.75) is 25.7 Å². The van der Waals surface area contributed by atoms with Crippen LogP contribution in [0.1, 0.15) is 29.0 Å². The van der Waals surface area contributed by atoms with Crippen molar-refractivity contribution in [2.75, 3.05) is 5.32 Å². The van der Waals surface area contributed by atoms with E-state index in [4.69, 9.17) is 23.2 Å². The minimum atomic E-state index is -0.211. The maximum Gasteiger partial charge on any atom is 0.250 e. The Labute approximate surface area is 155 Å². The van der Waals surface area contributed by atoms with Gasteiger partial charge in [-0.25, -0.2) is 4.98 Å². The topological polar surface area (TPSA) is 42.0 Å². The lowest BCUT2D eigenvalue weighted by Gasteiger charge is -2.06. The van der Waals surface area contributed by atoms with E-state index < -0.39 is 0 Å². The van der Waals surface area contributed by atoms with Crippen molar-refractivity contribution in [3.05, 3.63) is 50.5 Å². The Morgan fingerprint density at radius 1 is 1.26 bits per heavy atom. The van der Waals surface area contributed by atoms with Gasteiger partial charge in [-0.15, -0.1) is 23.7 Å². The minimum absolute atomic E-state index is 0. The van der Waals surface area contributed by atoms with Crippen molar-refractivity contribution in [1.29, 1.82) is 0 Å². The van der Waals surface area contributed by atoms with Crippen LogP contribution in [0.5, 0.6) is 0 Å². The molecule has 0 fully saturated rings. The second-order valence-corrected chi connectivity index (χ2v) is 7.01. The van der Waals surface area contributed by atoms with E-state index in [-0.39, 0.29) is 18.3 Å². The number of hydrogen-bond acceptors (Lipinski definition) is 3. The summed E-state index contributed by atoms with van der Waals surface area (Å²) in [5.41, 5.74) is 1.89. The van der Waals surface area contributed by atoms with Crippen LogP contribution in [0.4, 0.5) is 5.13 Å². The first-order valence-corrected chi connectivity index (χ1v) is 8.62. The summed E-state index contributed by atoms with van der Waals surface area (Å²) in [7, 11) is 0. The van der Waals surface area contributed by atoms with Gasteiger partial charge in [0.25, 0.3) is 0 Å². The van der Waals surface area contributed by atoms with Gasteiger partial charge < -0.3 is 0 Å². The molecule has 1 aliphatic rings. The molecule has 3 nitrogen and oxygen atoms in total. The molecule has 0 saturated heterocycles. The number of amides is 1. The highest BCUT2D eigenvalue weighted by atomic mass is 35.5. The Hall–Kier alpha value is -1.07. The van der Waals surface area contributed by atoms with Crippen LogP contribution in [0.3, 0.4) is 0 Å². The molecule has 0 saturated carbocycles. The number of rotatable bonds is 3. The molecule has 1 heterocycles. The first kappa shape index (κ1) is 18.3. The molecule has 2 aromatic rings. The Morgan fingerprint density at radius 2 is 2.04 bits per heavy atom. The van der Waals surface area contributed by atoms with Gasteiger partial charge in [-0.1, -0.05) is 29.3 Å². The number of thiazole rings is 1. The van der Waals surface area contributed by atoms with Gasteiger partial charge in [0.1, 0.15) is 0 Å². The molecule has 1 aromatic heterocycles. The van der Waals surface area contributed by atoms with Gasteiger partial charge >= 0.3 is 0 Å². The van der Waals surface area contributed by atoms with Crippen LogP contribution in [0, 0.1) is 0 Å². The first-order chi connectivity index (χ1) is 10.6. The fourth-order valence-corrected chi connectivity index (χ4v) is 3.88. The standard InChI is InChI=1S/C16H14Cl2N2OS.ClH/c17-11-7-5-10(12(18)9-11)6-8-15(21)20-16-19-13-3-1-2-4-14(13)22-16;/h5-9H,1-4H2,(H,19,20,21);1H/b8-6+;. The average molecular weight is 390 g/mol. The third-order valence-corrected chi connectivity index (χ3v) is 5.09. The van der Waals surface area contributed by atoms with Crippen LogP contribution in [-0.2, 0) is 17.6 Å². The third-order valence-electron chi connectivity index (χ3n) is 3.45. The Kier molecular flexibility index (Phi) is 6.48. The molecule has 1 aliphatic carbocycles.